The van der Waals surface area contributed by atoms with Gasteiger partial charge in [0.25, 0.3) is 0 Å². The van der Waals surface area contributed by atoms with E-state index in [0.29, 0.717) is 0 Å². The Hall–Kier alpha value is -2.10. The van der Waals surface area contributed by atoms with Crippen molar-refractivity contribution in [2.24, 2.45) is 5.73 Å². The zero-order valence-corrected chi connectivity index (χ0v) is 15.1. The number of hydrogen-bond donors (Lipinski definition) is 3. The fourth-order valence-electron chi connectivity index (χ4n) is 1.95. The minimum Gasteiger partial charge on any atom is -0.361 e. The SMILES string of the molecule is C=CCCCN.C=CCCCNC.C=Cc1c[nH]c2ccccc12. The van der Waals surface area contributed by atoms with E-state index >= 15 is 0 Å². The number of allylic oxidation sites excluding steroid dienone is 2. The van der Waals surface area contributed by atoms with Gasteiger partial charge < -0.3 is 16.0 Å². The molecule has 0 amide bonds. The van der Waals surface area contributed by atoms with E-state index in [2.05, 4.69) is 42.2 Å². The monoisotopic (exact) mass is 327 g/mol. The van der Waals surface area contributed by atoms with Gasteiger partial charge in [-0.1, -0.05) is 43.0 Å². The molecule has 2 rings (SSSR count). The maximum Gasteiger partial charge on any atom is 0.0460 e. The highest BCUT2D eigenvalue weighted by Gasteiger charge is 1.96. The molecule has 0 saturated heterocycles. The summed E-state index contributed by atoms with van der Waals surface area (Å²) in [6.45, 7) is 12.8. The molecule has 0 bridgehead atoms. The zero-order valence-electron chi connectivity index (χ0n) is 15.1. The van der Waals surface area contributed by atoms with Crippen LogP contribution in [0.15, 0.2) is 62.4 Å². The largest absolute Gasteiger partial charge is 0.361 e. The first-order valence-corrected chi connectivity index (χ1v) is 8.50. The maximum absolute atomic E-state index is 5.17. The Kier molecular flexibility index (Phi) is 14.4. The summed E-state index contributed by atoms with van der Waals surface area (Å²) in [7, 11) is 1.96. The Balaban J connectivity index is 0.000000357. The first-order valence-electron chi connectivity index (χ1n) is 8.50. The van der Waals surface area contributed by atoms with Crippen molar-refractivity contribution in [2.45, 2.75) is 25.7 Å². The van der Waals surface area contributed by atoms with Gasteiger partial charge in [0.15, 0.2) is 0 Å². The Morgan fingerprint density at radius 2 is 1.75 bits per heavy atom. The van der Waals surface area contributed by atoms with Gasteiger partial charge in [0.1, 0.15) is 0 Å². The van der Waals surface area contributed by atoms with E-state index in [9.17, 15) is 0 Å². The summed E-state index contributed by atoms with van der Waals surface area (Å²) in [4.78, 5) is 3.17. The quantitative estimate of drug-likeness (QED) is 0.477. The summed E-state index contributed by atoms with van der Waals surface area (Å²) in [5.41, 5.74) is 7.50. The molecule has 0 unspecified atom stereocenters. The molecule has 4 N–H and O–H groups in total. The van der Waals surface area contributed by atoms with Gasteiger partial charge in [-0.25, -0.2) is 0 Å². The normalized spacial score (nSPS) is 9.25. The van der Waals surface area contributed by atoms with Gasteiger partial charge in [-0.2, -0.15) is 0 Å². The van der Waals surface area contributed by atoms with Crippen LogP contribution in [0.4, 0.5) is 0 Å². The van der Waals surface area contributed by atoms with Crippen LogP contribution >= 0.6 is 0 Å². The number of rotatable bonds is 8. The molecule has 0 atom stereocenters. The fraction of sp³-hybridized carbons (Fsp3) is 0.333. The van der Waals surface area contributed by atoms with Gasteiger partial charge >= 0.3 is 0 Å². The van der Waals surface area contributed by atoms with Crippen LogP contribution in [0.2, 0.25) is 0 Å². The van der Waals surface area contributed by atoms with Crippen molar-refractivity contribution < 1.29 is 0 Å². The third kappa shape index (κ3) is 9.82. The molecule has 132 valence electrons. The van der Waals surface area contributed by atoms with E-state index in [-0.39, 0.29) is 0 Å². The minimum absolute atomic E-state index is 0.784. The number of unbranched alkanes of at least 4 members (excludes halogenated alkanes) is 2. The highest BCUT2D eigenvalue weighted by Crippen LogP contribution is 2.17. The Bertz CT molecular complexity index is 569. The topological polar surface area (TPSA) is 53.8 Å². The number of nitrogens with two attached hydrogens (primary N) is 1. The molecule has 0 aliphatic heterocycles. The first kappa shape index (κ1) is 21.9. The van der Waals surface area contributed by atoms with Crippen LogP contribution in [0, 0.1) is 0 Å². The fourth-order valence-corrected chi connectivity index (χ4v) is 1.95. The van der Waals surface area contributed by atoms with Crippen molar-refractivity contribution in [1.82, 2.24) is 10.3 Å². The van der Waals surface area contributed by atoms with Crippen LogP contribution in [0.5, 0.6) is 0 Å². The second-order valence-corrected chi connectivity index (χ2v) is 5.25. The van der Waals surface area contributed by atoms with Gasteiger partial charge in [-0.3, -0.25) is 0 Å². The Labute approximate surface area is 147 Å². The van der Waals surface area contributed by atoms with Crippen LogP contribution in [0.3, 0.4) is 0 Å². The van der Waals surface area contributed by atoms with Crippen molar-refractivity contribution >= 4 is 17.0 Å². The lowest BCUT2D eigenvalue weighted by molar-refractivity contribution is 0.736. The number of H-pyrrole nitrogens is 1. The van der Waals surface area contributed by atoms with Crippen molar-refractivity contribution in [3.8, 4) is 0 Å². The predicted molar refractivity (Wildman–Crippen MR) is 110 cm³/mol. The lowest BCUT2D eigenvalue weighted by atomic mass is 10.2. The summed E-state index contributed by atoms with van der Waals surface area (Å²) < 4.78 is 0. The lowest BCUT2D eigenvalue weighted by Gasteiger charge is -1.90. The summed E-state index contributed by atoms with van der Waals surface area (Å²) >= 11 is 0. The van der Waals surface area contributed by atoms with Crippen LogP contribution < -0.4 is 11.1 Å². The molecular weight excluding hydrogens is 294 g/mol. The molecule has 3 nitrogen and oxygen atoms in total. The molecule has 0 fully saturated rings. The summed E-state index contributed by atoms with van der Waals surface area (Å²) in [6, 6.07) is 8.19. The van der Waals surface area contributed by atoms with E-state index < -0.39 is 0 Å². The van der Waals surface area contributed by atoms with Crippen LogP contribution in [0.1, 0.15) is 31.2 Å². The molecule has 24 heavy (non-hydrogen) atoms. The number of fused-ring (bicyclic) bond motifs is 1. The Morgan fingerprint density at radius 3 is 2.29 bits per heavy atom. The van der Waals surface area contributed by atoms with Gasteiger partial charge in [-0.15, -0.1) is 13.2 Å². The van der Waals surface area contributed by atoms with Gasteiger partial charge in [0.2, 0.25) is 0 Å². The molecule has 3 heteroatoms. The maximum atomic E-state index is 5.17. The predicted octanol–water partition coefficient (Wildman–Crippen LogP) is 4.89. The summed E-state index contributed by atoms with van der Waals surface area (Å²) in [5.74, 6) is 0. The van der Waals surface area contributed by atoms with Crippen LogP contribution in [-0.4, -0.2) is 25.1 Å². The van der Waals surface area contributed by atoms with Gasteiger partial charge in [0.05, 0.1) is 0 Å². The smallest absolute Gasteiger partial charge is 0.0460 e. The lowest BCUT2D eigenvalue weighted by Crippen LogP contribution is -2.06. The molecule has 1 aromatic heterocycles. The second-order valence-electron chi connectivity index (χ2n) is 5.25. The third-order valence-corrected chi connectivity index (χ3v) is 3.29. The third-order valence-electron chi connectivity index (χ3n) is 3.29. The molecule has 0 aliphatic carbocycles. The summed E-state index contributed by atoms with van der Waals surface area (Å²) in [5, 5.41) is 4.29. The molecule has 2 aromatic rings. The minimum atomic E-state index is 0.784. The van der Waals surface area contributed by atoms with Crippen molar-refractivity contribution in [3.05, 3.63) is 67.9 Å². The highest BCUT2D eigenvalue weighted by molar-refractivity contribution is 5.88. The Morgan fingerprint density at radius 1 is 1.08 bits per heavy atom. The van der Waals surface area contributed by atoms with E-state index in [1.165, 1.54) is 22.9 Å². The van der Waals surface area contributed by atoms with Crippen molar-refractivity contribution in [1.29, 1.82) is 0 Å². The molecule has 0 aliphatic rings. The molecule has 0 spiro atoms. The molecule has 1 heterocycles. The number of hydrogen-bond acceptors (Lipinski definition) is 2. The molecule has 0 radical (unpaired) electrons. The van der Waals surface area contributed by atoms with Crippen LogP contribution in [0.25, 0.3) is 17.0 Å². The van der Waals surface area contributed by atoms with E-state index in [4.69, 9.17) is 5.73 Å². The van der Waals surface area contributed by atoms with Crippen LogP contribution in [-0.2, 0) is 0 Å². The number of benzene rings is 1. The summed E-state index contributed by atoms with van der Waals surface area (Å²) in [6.07, 6.45) is 12.1. The van der Waals surface area contributed by atoms with Gasteiger partial charge in [0, 0.05) is 17.1 Å². The number of aromatic nitrogens is 1. The molecule has 0 saturated carbocycles. The molecule has 1 aromatic carbocycles. The van der Waals surface area contributed by atoms with E-state index in [1.807, 2.05) is 43.6 Å². The number of aromatic amines is 1. The molecular formula is C21H33N3. The average Bonchev–Trinajstić information content (AvgIpc) is 3.05. The van der Waals surface area contributed by atoms with Crippen molar-refractivity contribution in [2.75, 3.05) is 20.1 Å². The average molecular weight is 328 g/mol. The number of para-hydroxylation sites is 1. The van der Waals surface area contributed by atoms with Crippen molar-refractivity contribution in [3.63, 3.8) is 0 Å². The first-order chi connectivity index (χ1) is 11.7. The van der Waals surface area contributed by atoms with E-state index in [0.717, 1.165) is 32.4 Å². The van der Waals surface area contributed by atoms with E-state index in [1.54, 1.807) is 0 Å². The standard InChI is InChI=1S/C10H9N.C6H13N.C5H11N/c1-2-8-7-11-10-6-4-3-5-9(8)10;1-3-4-5-6-7-2;1-2-3-4-5-6/h2-7,11H,1H2;3,7H,1,4-6H2,2H3;2H,1,3-6H2. The second kappa shape index (κ2) is 15.8. The zero-order chi connectivity index (χ0) is 18.0. The highest BCUT2D eigenvalue weighted by atomic mass is 14.8. The number of nitrogens with one attached hydrogen (secondary N) is 2. The van der Waals surface area contributed by atoms with Gasteiger partial charge in [-0.05, 0) is 57.5 Å².